The molecule has 7 nitrogen and oxygen atoms in total. The van der Waals surface area contributed by atoms with Crippen molar-refractivity contribution in [3.05, 3.63) is 59.1 Å². The second-order valence-electron chi connectivity index (χ2n) is 5.11. The standard InChI is InChI=1S/C16H15ClN2O5S/c1-10(24-16(21)11-2-4-12(17)5-3-11)15(20)19-13-6-8-14(9-7-13)25(18,22)23/h2-10H,1H3,(H,19,20)(H2,18,22,23)/t10-/m1/s1. The molecule has 9 heteroatoms. The van der Waals surface area contributed by atoms with Crippen LogP contribution in [-0.2, 0) is 19.6 Å². The summed E-state index contributed by atoms with van der Waals surface area (Å²) in [5.74, 6) is -1.23. The van der Waals surface area contributed by atoms with Gasteiger partial charge >= 0.3 is 5.97 Å². The Bertz CT molecular complexity index is 880. The predicted molar refractivity (Wildman–Crippen MR) is 92.8 cm³/mol. The van der Waals surface area contributed by atoms with E-state index in [1.165, 1.54) is 55.5 Å². The molecular weight excluding hydrogens is 368 g/mol. The van der Waals surface area contributed by atoms with Gasteiger partial charge in [0.25, 0.3) is 5.91 Å². The molecule has 25 heavy (non-hydrogen) atoms. The van der Waals surface area contributed by atoms with Gasteiger partial charge in [0.2, 0.25) is 10.0 Å². The van der Waals surface area contributed by atoms with Crippen LogP contribution in [0.3, 0.4) is 0 Å². The SMILES string of the molecule is C[C@@H](OC(=O)c1ccc(Cl)cc1)C(=O)Nc1ccc(S(N)(=O)=O)cc1. The fraction of sp³-hybridized carbons (Fsp3) is 0.125. The van der Waals surface area contributed by atoms with Crippen molar-refractivity contribution < 1.29 is 22.7 Å². The smallest absolute Gasteiger partial charge is 0.338 e. The highest BCUT2D eigenvalue weighted by molar-refractivity contribution is 7.89. The van der Waals surface area contributed by atoms with Gasteiger partial charge in [-0.2, -0.15) is 0 Å². The van der Waals surface area contributed by atoms with Crippen LogP contribution in [0.25, 0.3) is 0 Å². The molecule has 1 amide bonds. The van der Waals surface area contributed by atoms with Crippen LogP contribution in [0.15, 0.2) is 53.4 Å². The molecule has 0 radical (unpaired) electrons. The molecule has 1 atom stereocenters. The Balaban J connectivity index is 1.98. The van der Waals surface area contributed by atoms with Crippen molar-refractivity contribution in [1.82, 2.24) is 0 Å². The van der Waals surface area contributed by atoms with Crippen LogP contribution in [-0.4, -0.2) is 26.4 Å². The van der Waals surface area contributed by atoms with E-state index in [-0.39, 0.29) is 10.5 Å². The number of halogens is 1. The van der Waals surface area contributed by atoms with E-state index in [4.69, 9.17) is 21.5 Å². The summed E-state index contributed by atoms with van der Waals surface area (Å²) in [4.78, 5) is 23.9. The van der Waals surface area contributed by atoms with E-state index in [1.807, 2.05) is 0 Å². The summed E-state index contributed by atoms with van der Waals surface area (Å²) in [5, 5.41) is 7.99. The number of carbonyl (C=O) groups is 2. The second kappa shape index (κ2) is 7.64. The van der Waals surface area contributed by atoms with Gasteiger partial charge in [-0.3, -0.25) is 4.79 Å². The first-order valence-electron chi connectivity index (χ1n) is 7.07. The van der Waals surface area contributed by atoms with Crippen LogP contribution in [0.1, 0.15) is 17.3 Å². The lowest BCUT2D eigenvalue weighted by atomic mass is 10.2. The molecule has 0 saturated carbocycles. The van der Waals surface area contributed by atoms with Crippen molar-refractivity contribution in [2.24, 2.45) is 5.14 Å². The number of hydrogen-bond acceptors (Lipinski definition) is 5. The van der Waals surface area contributed by atoms with Gasteiger partial charge in [0.1, 0.15) is 0 Å². The molecule has 0 aromatic heterocycles. The summed E-state index contributed by atoms with van der Waals surface area (Å²) in [6, 6.07) is 11.3. The van der Waals surface area contributed by atoms with Crippen molar-refractivity contribution >= 4 is 39.2 Å². The van der Waals surface area contributed by atoms with E-state index in [1.54, 1.807) is 0 Å². The number of ether oxygens (including phenoxy) is 1. The molecule has 0 bridgehead atoms. The molecule has 0 saturated heterocycles. The van der Waals surface area contributed by atoms with Crippen LogP contribution in [0.4, 0.5) is 5.69 Å². The number of primary sulfonamides is 1. The Morgan fingerprint density at radius 3 is 2.16 bits per heavy atom. The molecule has 2 aromatic carbocycles. The van der Waals surface area contributed by atoms with E-state index in [9.17, 15) is 18.0 Å². The summed E-state index contributed by atoms with van der Waals surface area (Å²) >= 11 is 5.74. The zero-order valence-electron chi connectivity index (χ0n) is 13.1. The Hall–Kier alpha value is -2.42. The van der Waals surface area contributed by atoms with Gasteiger partial charge in [-0.15, -0.1) is 0 Å². The van der Waals surface area contributed by atoms with Gasteiger partial charge in [0.15, 0.2) is 6.10 Å². The minimum Gasteiger partial charge on any atom is -0.449 e. The Morgan fingerprint density at radius 2 is 1.64 bits per heavy atom. The molecule has 0 fully saturated rings. The normalized spacial score (nSPS) is 12.3. The summed E-state index contributed by atoms with van der Waals surface area (Å²) in [5.41, 5.74) is 0.605. The van der Waals surface area contributed by atoms with Crippen LogP contribution < -0.4 is 10.5 Å². The minimum atomic E-state index is -3.81. The molecule has 0 aliphatic rings. The summed E-state index contributed by atoms with van der Waals surface area (Å²) < 4.78 is 27.4. The molecule has 0 unspecified atom stereocenters. The fourth-order valence-corrected chi connectivity index (χ4v) is 2.48. The lowest BCUT2D eigenvalue weighted by Gasteiger charge is -2.13. The van der Waals surface area contributed by atoms with Gasteiger partial charge < -0.3 is 10.1 Å². The number of sulfonamides is 1. The van der Waals surface area contributed by atoms with Crippen LogP contribution >= 0.6 is 11.6 Å². The zero-order valence-corrected chi connectivity index (χ0v) is 14.7. The molecule has 132 valence electrons. The minimum absolute atomic E-state index is 0.0762. The number of amides is 1. The maximum atomic E-state index is 12.1. The number of hydrogen-bond donors (Lipinski definition) is 2. The monoisotopic (exact) mass is 382 g/mol. The third-order valence-corrected chi connectivity index (χ3v) is 4.36. The van der Waals surface area contributed by atoms with Crippen molar-refractivity contribution in [3.8, 4) is 0 Å². The number of carbonyl (C=O) groups excluding carboxylic acids is 2. The molecule has 3 N–H and O–H groups in total. The maximum absolute atomic E-state index is 12.1. The maximum Gasteiger partial charge on any atom is 0.338 e. The molecule has 0 spiro atoms. The van der Waals surface area contributed by atoms with Gasteiger partial charge in [0, 0.05) is 10.7 Å². The van der Waals surface area contributed by atoms with Gasteiger partial charge in [-0.25, -0.2) is 18.4 Å². The summed E-state index contributed by atoms with van der Waals surface area (Å²) in [6.45, 7) is 1.42. The van der Waals surface area contributed by atoms with E-state index in [0.717, 1.165) is 0 Å². The summed E-state index contributed by atoms with van der Waals surface area (Å²) in [7, 11) is -3.81. The number of anilines is 1. The van der Waals surface area contributed by atoms with Crippen molar-refractivity contribution in [3.63, 3.8) is 0 Å². The Labute approximate surface area is 149 Å². The highest BCUT2D eigenvalue weighted by atomic mass is 35.5. The third-order valence-electron chi connectivity index (χ3n) is 3.18. The lowest BCUT2D eigenvalue weighted by Crippen LogP contribution is -2.30. The van der Waals surface area contributed by atoms with Crippen LogP contribution in [0.5, 0.6) is 0 Å². The predicted octanol–water partition coefficient (Wildman–Crippen LogP) is 2.17. The molecule has 2 aromatic rings. The van der Waals surface area contributed by atoms with E-state index in [2.05, 4.69) is 5.32 Å². The molecule has 0 aliphatic heterocycles. The highest BCUT2D eigenvalue weighted by Gasteiger charge is 2.19. The van der Waals surface area contributed by atoms with Crippen molar-refractivity contribution in [2.45, 2.75) is 17.9 Å². The first-order valence-corrected chi connectivity index (χ1v) is 8.99. The molecule has 0 aliphatic carbocycles. The topological polar surface area (TPSA) is 116 Å². The number of benzene rings is 2. The van der Waals surface area contributed by atoms with Gasteiger partial charge in [-0.05, 0) is 55.5 Å². The Morgan fingerprint density at radius 1 is 1.08 bits per heavy atom. The first-order chi connectivity index (χ1) is 11.7. The summed E-state index contributed by atoms with van der Waals surface area (Å²) in [6.07, 6.45) is -1.05. The first kappa shape index (κ1) is 18.9. The van der Waals surface area contributed by atoms with Gasteiger partial charge in [-0.1, -0.05) is 11.6 Å². The highest BCUT2D eigenvalue weighted by Crippen LogP contribution is 2.14. The Kier molecular flexibility index (Phi) is 5.78. The van der Waals surface area contributed by atoms with Crippen LogP contribution in [0.2, 0.25) is 5.02 Å². The van der Waals surface area contributed by atoms with Crippen molar-refractivity contribution in [2.75, 3.05) is 5.32 Å². The quantitative estimate of drug-likeness (QED) is 0.769. The third kappa shape index (κ3) is 5.28. The molecule has 2 rings (SSSR count). The number of nitrogens with two attached hydrogens (primary N) is 1. The average molecular weight is 383 g/mol. The second-order valence-corrected chi connectivity index (χ2v) is 7.11. The van der Waals surface area contributed by atoms with E-state index < -0.39 is 28.0 Å². The van der Waals surface area contributed by atoms with Crippen molar-refractivity contribution in [1.29, 1.82) is 0 Å². The zero-order chi connectivity index (χ0) is 18.6. The lowest BCUT2D eigenvalue weighted by molar-refractivity contribution is -0.123. The largest absolute Gasteiger partial charge is 0.449 e. The average Bonchev–Trinajstić information content (AvgIpc) is 2.55. The molecule has 0 heterocycles. The molecular formula is C16H15ClN2O5S. The van der Waals surface area contributed by atoms with Gasteiger partial charge in [0.05, 0.1) is 10.5 Å². The number of nitrogens with one attached hydrogen (secondary N) is 1. The van der Waals surface area contributed by atoms with E-state index in [0.29, 0.717) is 10.7 Å². The number of rotatable bonds is 5. The fourth-order valence-electron chi connectivity index (χ4n) is 1.84. The number of esters is 1. The van der Waals surface area contributed by atoms with Crippen LogP contribution in [0, 0.1) is 0 Å². The van der Waals surface area contributed by atoms with E-state index >= 15 is 0 Å².